The fraction of sp³-hybridized carbons (Fsp3) is 0.304. The largest absolute Gasteiger partial charge is 0.508 e. The summed E-state index contributed by atoms with van der Waals surface area (Å²) in [5.74, 6) is -0.445. The van der Waals surface area contributed by atoms with Crippen LogP contribution in [0.4, 0.5) is 0 Å². The second kappa shape index (κ2) is 7.28. The predicted octanol–water partition coefficient (Wildman–Crippen LogP) is 4.32. The summed E-state index contributed by atoms with van der Waals surface area (Å²) in [5.41, 5.74) is 4.09. The van der Waals surface area contributed by atoms with E-state index in [1.807, 2.05) is 0 Å². The summed E-state index contributed by atoms with van der Waals surface area (Å²) >= 11 is 0. The number of aromatic nitrogens is 1. The SMILES string of the molecule is Cc1c(O)ccc2c(COC(=O)/C=C/c3cc(C)n(C4CC4)c3C)cc(=O)oc12. The molecule has 6 nitrogen and oxygen atoms in total. The Morgan fingerprint density at radius 3 is 2.76 bits per heavy atom. The third-order valence-electron chi connectivity index (χ3n) is 5.42. The highest BCUT2D eigenvalue weighted by Gasteiger charge is 2.26. The summed E-state index contributed by atoms with van der Waals surface area (Å²) in [6, 6.07) is 7.14. The molecule has 150 valence electrons. The van der Waals surface area contributed by atoms with Crippen molar-refractivity contribution in [2.45, 2.75) is 46.3 Å². The van der Waals surface area contributed by atoms with Gasteiger partial charge >= 0.3 is 11.6 Å². The number of carbonyl (C=O) groups excluding carboxylic acids is 1. The summed E-state index contributed by atoms with van der Waals surface area (Å²) in [6.45, 7) is 5.74. The van der Waals surface area contributed by atoms with Crippen molar-refractivity contribution in [3.63, 3.8) is 0 Å². The van der Waals surface area contributed by atoms with E-state index in [-0.39, 0.29) is 12.4 Å². The van der Waals surface area contributed by atoms with Gasteiger partial charge in [0.1, 0.15) is 17.9 Å². The van der Waals surface area contributed by atoms with Crippen molar-refractivity contribution in [2.24, 2.45) is 0 Å². The lowest BCUT2D eigenvalue weighted by atomic mass is 10.1. The fourth-order valence-corrected chi connectivity index (χ4v) is 3.76. The van der Waals surface area contributed by atoms with Gasteiger partial charge in [0.05, 0.1) is 0 Å². The van der Waals surface area contributed by atoms with Gasteiger partial charge in [0.15, 0.2) is 0 Å². The van der Waals surface area contributed by atoms with E-state index in [0.717, 1.165) is 11.3 Å². The smallest absolute Gasteiger partial charge is 0.336 e. The van der Waals surface area contributed by atoms with Gasteiger partial charge in [-0.1, -0.05) is 0 Å². The zero-order valence-electron chi connectivity index (χ0n) is 16.7. The molecule has 0 saturated heterocycles. The number of rotatable bonds is 5. The zero-order chi connectivity index (χ0) is 20.7. The van der Waals surface area contributed by atoms with E-state index >= 15 is 0 Å². The van der Waals surface area contributed by atoms with Crippen LogP contribution >= 0.6 is 0 Å². The van der Waals surface area contributed by atoms with Gasteiger partial charge in [-0.25, -0.2) is 9.59 Å². The summed E-state index contributed by atoms with van der Waals surface area (Å²) in [6.07, 6.45) is 5.59. The first-order valence-corrected chi connectivity index (χ1v) is 9.63. The molecule has 1 aliphatic carbocycles. The molecule has 1 aliphatic rings. The number of phenols is 1. The Balaban J connectivity index is 1.51. The average molecular weight is 393 g/mol. The first kappa shape index (κ1) is 19.1. The van der Waals surface area contributed by atoms with Gasteiger partial charge in [0.2, 0.25) is 0 Å². The third kappa shape index (κ3) is 3.70. The second-order valence-electron chi connectivity index (χ2n) is 7.55. The van der Waals surface area contributed by atoms with Crippen LogP contribution in [0.3, 0.4) is 0 Å². The Bertz CT molecular complexity index is 1190. The molecule has 1 fully saturated rings. The van der Waals surface area contributed by atoms with Crippen LogP contribution in [0.5, 0.6) is 5.75 Å². The maximum absolute atomic E-state index is 12.2. The van der Waals surface area contributed by atoms with E-state index in [9.17, 15) is 14.7 Å². The molecule has 1 aromatic carbocycles. The van der Waals surface area contributed by atoms with E-state index in [1.165, 1.54) is 36.7 Å². The first-order chi connectivity index (χ1) is 13.8. The summed E-state index contributed by atoms with van der Waals surface area (Å²) < 4.78 is 12.9. The van der Waals surface area contributed by atoms with E-state index in [2.05, 4.69) is 24.5 Å². The maximum Gasteiger partial charge on any atom is 0.336 e. The Labute approximate surface area is 168 Å². The van der Waals surface area contributed by atoms with Crippen molar-refractivity contribution < 1.29 is 19.1 Å². The lowest BCUT2D eigenvalue weighted by Gasteiger charge is -2.08. The van der Waals surface area contributed by atoms with E-state index in [4.69, 9.17) is 9.15 Å². The van der Waals surface area contributed by atoms with Crippen LogP contribution in [-0.4, -0.2) is 15.6 Å². The fourth-order valence-electron chi connectivity index (χ4n) is 3.76. The number of fused-ring (bicyclic) bond motifs is 1. The molecule has 6 heteroatoms. The second-order valence-corrected chi connectivity index (χ2v) is 7.55. The van der Waals surface area contributed by atoms with Crippen LogP contribution in [0, 0.1) is 20.8 Å². The van der Waals surface area contributed by atoms with Crippen LogP contribution < -0.4 is 5.63 Å². The summed E-state index contributed by atoms with van der Waals surface area (Å²) in [4.78, 5) is 24.1. The molecule has 0 bridgehead atoms. The number of ether oxygens (including phenoxy) is 1. The number of hydrogen-bond acceptors (Lipinski definition) is 5. The molecule has 3 aromatic rings. The van der Waals surface area contributed by atoms with Crippen LogP contribution in [0.15, 0.2) is 39.6 Å². The monoisotopic (exact) mass is 393 g/mol. The van der Waals surface area contributed by atoms with Crippen molar-refractivity contribution in [2.75, 3.05) is 0 Å². The zero-order valence-corrected chi connectivity index (χ0v) is 16.7. The molecule has 0 unspecified atom stereocenters. The van der Waals surface area contributed by atoms with Gasteiger partial charge in [-0.15, -0.1) is 0 Å². The highest BCUT2D eigenvalue weighted by Crippen LogP contribution is 2.38. The van der Waals surface area contributed by atoms with E-state index in [1.54, 1.807) is 19.1 Å². The number of esters is 1. The topological polar surface area (TPSA) is 81.7 Å². The third-order valence-corrected chi connectivity index (χ3v) is 5.42. The number of benzene rings is 1. The van der Waals surface area contributed by atoms with Crippen molar-refractivity contribution in [3.05, 3.63) is 68.8 Å². The molecule has 2 aromatic heterocycles. The van der Waals surface area contributed by atoms with Gasteiger partial charge in [0.25, 0.3) is 0 Å². The minimum atomic E-state index is -0.555. The predicted molar refractivity (Wildman–Crippen MR) is 110 cm³/mol. The van der Waals surface area contributed by atoms with E-state index < -0.39 is 11.6 Å². The number of aromatic hydroxyl groups is 1. The van der Waals surface area contributed by atoms with E-state index in [0.29, 0.717) is 28.1 Å². The average Bonchev–Trinajstić information content (AvgIpc) is 3.47. The van der Waals surface area contributed by atoms with Crippen LogP contribution in [0.25, 0.3) is 17.0 Å². The van der Waals surface area contributed by atoms with Gasteiger partial charge in [0, 0.05) is 46.1 Å². The molecule has 0 aliphatic heterocycles. The number of nitrogens with zero attached hydrogens (tertiary/aromatic N) is 1. The normalized spacial score (nSPS) is 14.0. The maximum atomic E-state index is 12.2. The minimum absolute atomic E-state index is 0.0431. The van der Waals surface area contributed by atoms with Gasteiger partial charge in [-0.3, -0.25) is 0 Å². The number of carbonyl (C=O) groups is 1. The number of hydrogen-bond donors (Lipinski definition) is 1. The Morgan fingerprint density at radius 2 is 2.03 bits per heavy atom. The Morgan fingerprint density at radius 1 is 1.28 bits per heavy atom. The molecule has 0 spiro atoms. The molecule has 0 amide bonds. The lowest BCUT2D eigenvalue weighted by Crippen LogP contribution is -2.06. The van der Waals surface area contributed by atoms with Gasteiger partial charge < -0.3 is 18.8 Å². The van der Waals surface area contributed by atoms with Crippen molar-refractivity contribution in [1.82, 2.24) is 4.57 Å². The Kier molecular flexibility index (Phi) is 4.78. The molecular weight excluding hydrogens is 370 g/mol. The molecule has 0 radical (unpaired) electrons. The van der Waals surface area contributed by atoms with Gasteiger partial charge in [-0.2, -0.15) is 0 Å². The van der Waals surface area contributed by atoms with Crippen molar-refractivity contribution in [1.29, 1.82) is 0 Å². The molecule has 4 rings (SSSR count). The quantitative estimate of drug-likeness (QED) is 0.397. The Hall–Kier alpha value is -3.28. The highest BCUT2D eigenvalue weighted by molar-refractivity contribution is 5.88. The van der Waals surface area contributed by atoms with Crippen LogP contribution in [-0.2, 0) is 16.1 Å². The van der Waals surface area contributed by atoms with Crippen LogP contribution in [0.2, 0.25) is 0 Å². The first-order valence-electron chi connectivity index (χ1n) is 9.63. The molecule has 2 heterocycles. The number of aryl methyl sites for hydroxylation is 2. The summed E-state index contributed by atoms with van der Waals surface area (Å²) in [5, 5.41) is 10.4. The standard InChI is InChI=1S/C23H23NO5/c1-13-10-16(15(3)24(13)18-5-6-18)4-9-21(26)28-12-17-11-22(27)29-23-14(2)20(25)8-7-19(17)23/h4,7-11,18,25H,5-6,12H2,1-3H3/b9-4+. The number of phenolic OH excluding ortho intramolecular Hbond substituents is 1. The van der Waals surface area contributed by atoms with Crippen molar-refractivity contribution >= 4 is 23.0 Å². The molecule has 1 saturated carbocycles. The lowest BCUT2D eigenvalue weighted by molar-refractivity contribution is -0.138. The van der Waals surface area contributed by atoms with Gasteiger partial charge in [-0.05, 0) is 63.5 Å². The molecule has 29 heavy (non-hydrogen) atoms. The highest BCUT2D eigenvalue weighted by atomic mass is 16.5. The molecular formula is C23H23NO5. The minimum Gasteiger partial charge on any atom is -0.508 e. The van der Waals surface area contributed by atoms with Crippen molar-refractivity contribution in [3.8, 4) is 5.75 Å². The molecule has 1 N–H and O–H groups in total. The van der Waals surface area contributed by atoms with Crippen LogP contribution in [0.1, 0.15) is 47.0 Å². The summed E-state index contributed by atoms with van der Waals surface area (Å²) in [7, 11) is 0. The molecule has 0 atom stereocenters.